The third kappa shape index (κ3) is 2.56. The number of amides is 1. The van der Waals surface area contributed by atoms with Crippen molar-refractivity contribution in [3.8, 4) is 0 Å². The van der Waals surface area contributed by atoms with Crippen molar-refractivity contribution in [1.29, 1.82) is 0 Å². The van der Waals surface area contributed by atoms with Crippen LogP contribution in [0.2, 0.25) is 0 Å². The van der Waals surface area contributed by atoms with Crippen molar-refractivity contribution in [2.45, 2.75) is 25.2 Å². The Morgan fingerprint density at radius 1 is 1.39 bits per heavy atom. The first-order valence-electron chi connectivity index (χ1n) is 6.05. The molecule has 0 unspecified atom stereocenters. The lowest BCUT2D eigenvalue weighted by molar-refractivity contribution is -0.115. The molecular formula is C13H14N4O. The Kier molecular flexibility index (Phi) is 2.80. The van der Waals surface area contributed by atoms with Crippen molar-refractivity contribution < 1.29 is 4.79 Å². The minimum atomic E-state index is -0.0601. The molecule has 1 aliphatic carbocycles. The van der Waals surface area contributed by atoms with Crippen molar-refractivity contribution in [2.75, 3.05) is 5.32 Å². The standard InChI is InChI=1S/C13H14N4O/c18-13(7-9-3-5-14-6-4-9)15-12-8-11(16-17-12)10-1-2-10/h3-6,8,10H,1-2,7H2,(H2,15,16,17,18). The lowest BCUT2D eigenvalue weighted by atomic mass is 10.2. The molecular weight excluding hydrogens is 228 g/mol. The highest BCUT2D eigenvalue weighted by Crippen LogP contribution is 2.39. The Labute approximate surface area is 105 Å². The Morgan fingerprint density at radius 2 is 2.17 bits per heavy atom. The van der Waals surface area contributed by atoms with Crippen LogP contribution < -0.4 is 5.32 Å². The number of rotatable bonds is 4. The number of hydrogen-bond donors (Lipinski definition) is 2. The molecule has 2 aromatic rings. The number of anilines is 1. The average molecular weight is 242 g/mol. The van der Waals surface area contributed by atoms with Crippen LogP contribution in [0.25, 0.3) is 0 Å². The SMILES string of the molecule is O=C(Cc1ccncc1)Nc1cc(C2CC2)[nH]n1. The van der Waals surface area contributed by atoms with Crippen LogP contribution in [0, 0.1) is 0 Å². The van der Waals surface area contributed by atoms with E-state index in [4.69, 9.17) is 0 Å². The Bertz CT molecular complexity index is 545. The third-order valence-electron chi connectivity index (χ3n) is 3.00. The molecule has 0 saturated heterocycles. The van der Waals surface area contributed by atoms with E-state index in [0.717, 1.165) is 11.3 Å². The predicted octanol–water partition coefficient (Wildman–Crippen LogP) is 1.86. The molecule has 1 amide bonds. The molecule has 18 heavy (non-hydrogen) atoms. The topological polar surface area (TPSA) is 70.7 Å². The highest BCUT2D eigenvalue weighted by atomic mass is 16.1. The second-order valence-electron chi connectivity index (χ2n) is 4.56. The van der Waals surface area contributed by atoms with Crippen LogP contribution >= 0.6 is 0 Å². The summed E-state index contributed by atoms with van der Waals surface area (Å²) in [4.78, 5) is 15.7. The summed E-state index contributed by atoms with van der Waals surface area (Å²) in [6, 6.07) is 5.58. The fourth-order valence-electron chi connectivity index (χ4n) is 1.88. The zero-order valence-electron chi connectivity index (χ0n) is 9.89. The molecule has 0 bridgehead atoms. The number of pyridine rings is 1. The van der Waals surface area contributed by atoms with E-state index in [2.05, 4.69) is 20.5 Å². The monoisotopic (exact) mass is 242 g/mol. The Hall–Kier alpha value is -2.17. The van der Waals surface area contributed by atoms with Gasteiger partial charge in [0.05, 0.1) is 6.42 Å². The lowest BCUT2D eigenvalue weighted by Crippen LogP contribution is -2.14. The van der Waals surface area contributed by atoms with Gasteiger partial charge in [-0.05, 0) is 30.5 Å². The van der Waals surface area contributed by atoms with Gasteiger partial charge in [0, 0.05) is 30.1 Å². The van der Waals surface area contributed by atoms with E-state index in [0.29, 0.717) is 18.2 Å². The number of nitrogens with zero attached hydrogens (tertiary/aromatic N) is 2. The number of aromatic nitrogens is 3. The second-order valence-corrected chi connectivity index (χ2v) is 4.56. The minimum Gasteiger partial charge on any atom is -0.309 e. The van der Waals surface area contributed by atoms with Gasteiger partial charge in [-0.15, -0.1) is 0 Å². The zero-order chi connectivity index (χ0) is 12.4. The van der Waals surface area contributed by atoms with Crippen LogP contribution in [0.5, 0.6) is 0 Å². The van der Waals surface area contributed by atoms with Gasteiger partial charge in [-0.1, -0.05) is 0 Å². The quantitative estimate of drug-likeness (QED) is 0.859. The molecule has 0 radical (unpaired) electrons. The summed E-state index contributed by atoms with van der Waals surface area (Å²) in [7, 11) is 0. The van der Waals surface area contributed by atoms with E-state index < -0.39 is 0 Å². The highest BCUT2D eigenvalue weighted by molar-refractivity contribution is 5.91. The maximum absolute atomic E-state index is 11.8. The number of hydrogen-bond acceptors (Lipinski definition) is 3. The maximum Gasteiger partial charge on any atom is 0.229 e. The van der Waals surface area contributed by atoms with Crippen molar-refractivity contribution >= 4 is 11.7 Å². The van der Waals surface area contributed by atoms with Crippen molar-refractivity contribution in [3.63, 3.8) is 0 Å². The summed E-state index contributed by atoms with van der Waals surface area (Å²) in [5.41, 5.74) is 2.06. The first kappa shape index (κ1) is 11.0. The predicted molar refractivity (Wildman–Crippen MR) is 67.1 cm³/mol. The Balaban J connectivity index is 1.59. The summed E-state index contributed by atoms with van der Waals surface area (Å²) < 4.78 is 0. The molecule has 1 aliphatic rings. The van der Waals surface area contributed by atoms with E-state index >= 15 is 0 Å². The molecule has 1 saturated carbocycles. The van der Waals surface area contributed by atoms with Crippen LogP contribution in [0.4, 0.5) is 5.82 Å². The van der Waals surface area contributed by atoms with Crippen molar-refractivity contribution in [3.05, 3.63) is 41.9 Å². The van der Waals surface area contributed by atoms with Crippen molar-refractivity contribution in [1.82, 2.24) is 15.2 Å². The van der Waals surface area contributed by atoms with E-state index in [-0.39, 0.29) is 5.91 Å². The van der Waals surface area contributed by atoms with Gasteiger partial charge in [-0.3, -0.25) is 14.9 Å². The molecule has 2 heterocycles. The van der Waals surface area contributed by atoms with Crippen LogP contribution in [-0.4, -0.2) is 21.1 Å². The largest absolute Gasteiger partial charge is 0.309 e. The van der Waals surface area contributed by atoms with Crippen molar-refractivity contribution in [2.24, 2.45) is 0 Å². The van der Waals surface area contributed by atoms with E-state index in [1.54, 1.807) is 12.4 Å². The first-order chi connectivity index (χ1) is 8.81. The number of aromatic amines is 1. The van der Waals surface area contributed by atoms with Crippen LogP contribution in [0.15, 0.2) is 30.6 Å². The fourth-order valence-corrected chi connectivity index (χ4v) is 1.88. The van der Waals surface area contributed by atoms with E-state index in [1.807, 2.05) is 18.2 Å². The van der Waals surface area contributed by atoms with Gasteiger partial charge in [-0.25, -0.2) is 0 Å². The normalized spacial score (nSPS) is 14.4. The number of H-pyrrole nitrogens is 1. The average Bonchev–Trinajstić information content (AvgIpc) is 3.12. The zero-order valence-corrected chi connectivity index (χ0v) is 9.89. The molecule has 5 heteroatoms. The number of carbonyl (C=O) groups excluding carboxylic acids is 1. The molecule has 3 rings (SSSR count). The van der Waals surface area contributed by atoms with Crippen LogP contribution in [-0.2, 0) is 11.2 Å². The fraction of sp³-hybridized carbons (Fsp3) is 0.308. The molecule has 5 nitrogen and oxygen atoms in total. The van der Waals surface area contributed by atoms with E-state index in [9.17, 15) is 4.79 Å². The first-order valence-corrected chi connectivity index (χ1v) is 6.05. The maximum atomic E-state index is 11.8. The molecule has 0 aromatic carbocycles. The molecule has 0 spiro atoms. The summed E-state index contributed by atoms with van der Waals surface area (Å²) in [5, 5.41) is 9.84. The summed E-state index contributed by atoms with van der Waals surface area (Å²) in [6.45, 7) is 0. The van der Waals surface area contributed by atoms with Gasteiger partial charge in [0.25, 0.3) is 0 Å². The van der Waals surface area contributed by atoms with Gasteiger partial charge >= 0.3 is 0 Å². The molecule has 0 aliphatic heterocycles. The van der Waals surface area contributed by atoms with Crippen LogP contribution in [0.3, 0.4) is 0 Å². The lowest BCUT2D eigenvalue weighted by Gasteiger charge is -2.01. The van der Waals surface area contributed by atoms with Crippen LogP contribution in [0.1, 0.15) is 30.0 Å². The molecule has 92 valence electrons. The number of nitrogens with one attached hydrogen (secondary N) is 2. The van der Waals surface area contributed by atoms with Gasteiger partial charge in [-0.2, -0.15) is 5.10 Å². The third-order valence-corrected chi connectivity index (χ3v) is 3.00. The van der Waals surface area contributed by atoms with Gasteiger partial charge in [0.15, 0.2) is 5.82 Å². The molecule has 2 N–H and O–H groups in total. The smallest absolute Gasteiger partial charge is 0.229 e. The Morgan fingerprint density at radius 3 is 2.89 bits per heavy atom. The minimum absolute atomic E-state index is 0.0601. The molecule has 1 fully saturated rings. The van der Waals surface area contributed by atoms with Gasteiger partial charge in [0.1, 0.15) is 0 Å². The van der Waals surface area contributed by atoms with Gasteiger partial charge in [0.2, 0.25) is 5.91 Å². The highest BCUT2D eigenvalue weighted by Gasteiger charge is 2.25. The van der Waals surface area contributed by atoms with E-state index in [1.165, 1.54) is 12.8 Å². The summed E-state index contributed by atoms with van der Waals surface area (Å²) in [6.07, 6.45) is 6.14. The van der Waals surface area contributed by atoms with Gasteiger partial charge < -0.3 is 5.32 Å². The summed E-state index contributed by atoms with van der Waals surface area (Å²) in [5.74, 6) is 1.16. The molecule has 2 aromatic heterocycles. The molecule has 0 atom stereocenters. The number of carbonyl (C=O) groups is 1. The second kappa shape index (κ2) is 4.60. The summed E-state index contributed by atoms with van der Waals surface area (Å²) >= 11 is 0.